The molecule has 1 aliphatic carbocycles. The number of likely N-dealkylation sites (tertiary alicyclic amines) is 1. The third-order valence-electron chi connectivity index (χ3n) is 5.19. The van der Waals surface area contributed by atoms with Gasteiger partial charge in [0.05, 0.1) is 18.1 Å². The molecule has 0 aromatic heterocycles. The van der Waals surface area contributed by atoms with Gasteiger partial charge in [-0.15, -0.1) is 0 Å². The first-order valence-corrected chi connectivity index (χ1v) is 8.34. The molecule has 5 nitrogen and oxygen atoms in total. The Bertz CT molecular complexity index is 575. The van der Waals surface area contributed by atoms with Crippen molar-refractivity contribution >= 4 is 11.8 Å². The van der Waals surface area contributed by atoms with E-state index in [0.717, 1.165) is 18.4 Å². The number of nitrogens with zero attached hydrogens (tertiary/aromatic N) is 1. The molecule has 0 spiro atoms. The van der Waals surface area contributed by atoms with Crippen molar-refractivity contribution in [1.29, 1.82) is 0 Å². The summed E-state index contributed by atoms with van der Waals surface area (Å²) in [6.07, 6.45) is 2.28. The van der Waals surface area contributed by atoms with Gasteiger partial charge in [0.15, 0.2) is 0 Å². The number of nitrogens with one attached hydrogen (secondary N) is 1. The Kier molecular flexibility index (Phi) is 4.66. The van der Waals surface area contributed by atoms with Crippen molar-refractivity contribution in [2.45, 2.75) is 37.8 Å². The number of aliphatic hydroxyl groups excluding tert-OH is 1. The molecule has 2 N–H and O–H groups in total. The Labute approximate surface area is 136 Å². The molecule has 0 unspecified atom stereocenters. The molecule has 4 atom stereocenters. The molecule has 23 heavy (non-hydrogen) atoms. The van der Waals surface area contributed by atoms with Gasteiger partial charge in [-0.05, 0) is 24.8 Å². The lowest BCUT2D eigenvalue weighted by Crippen LogP contribution is -2.38. The van der Waals surface area contributed by atoms with Crippen LogP contribution in [0.4, 0.5) is 0 Å². The van der Waals surface area contributed by atoms with Crippen LogP contribution in [0.25, 0.3) is 0 Å². The van der Waals surface area contributed by atoms with Gasteiger partial charge in [0.2, 0.25) is 11.8 Å². The van der Waals surface area contributed by atoms with Gasteiger partial charge in [-0.3, -0.25) is 9.59 Å². The Hall–Kier alpha value is -1.88. The summed E-state index contributed by atoms with van der Waals surface area (Å²) in [7, 11) is 1.82. The minimum atomic E-state index is -0.521. The van der Waals surface area contributed by atoms with Crippen molar-refractivity contribution in [2.75, 3.05) is 13.6 Å². The minimum Gasteiger partial charge on any atom is -0.392 e. The lowest BCUT2D eigenvalue weighted by molar-refractivity contribution is -0.128. The van der Waals surface area contributed by atoms with Crippen LogP contribution in [0, 0.1) is 11.8 Å². The average molecular weight is 316 g/mol. The first-order chi connectivity index (χ1) is 11.1. The number of amides is 2. The van der Waals surface area contributed by atoms with E-state index in [9.17, 15) is 14.7 Å². The predicted molar refractivity (Wildman–Crippen MR) is 86.4 cm³/mol. The monoisotopic (exact) mass is 316 g/mol. The van der Waals surface area contributed by atoms with E-state index in [1.54, 1.807) is 4.90 Å². The number of hydrogen-bond donors (Lipinski definition) is 2. The lowest BCUT2D eigenvalue weighted by Gasteiger charge is -2.26. The van der Waals surface area contributed by atoms with Gasteiger partial charge >= 0.3 is 0 Å². The molecule has 0 radical (unpaired) electrons. The first-order valence-electron chi connectivity index (χ1n) is 8.34. The highest BCUT2D eigenvalue weighted by Crippen LogP contribution is 2.36. The van der Waals surface area contributed by atoms with E-state index in [1.165, 1.54) is 0 Å². The van der Waals surface area contributed by atoms with E-state index in [-0.39, 0.29) is 29.7 Å². The fourth-order valence-electron chi connectivity index (χ4n) is 3.89. The minimum absolute atomic E-state index is 0.00231. The van der Waals surface area contributed by atoms with Gasteiger partial charge in [-0.2, -0.15) is 0 Å². The largest absolute Gasteiger partial charge is 0.392 e. The number of aliphatic hydroxyl groups is 1. The highest BCUT2D eigenvalue weighted by atomic mass is 16.3. The van der Waals surface area contributed by atoms with Crippen molar-refractivity contribution in [1.82, 2.24) is 10.2 Å². The number of hydrogen-bond acceptors (Lipinski definition) is 3. The van der Waals surface area contributed by atoms with Crippen LogP contribution in [-0.2, 0) is 9.59 Å². The predicted octanol–water partition coefficient (Wildman–Crippen LogP) is 1.48. The molecule has 2 aliphatic rings. The van der Waals surface area contributed by atoms with E-state index in [2.05, 4.69) is 5.32 Å². The van der Waals surface area contributed by atoms with Crippen LogP contribution >= 0.6 is 0 Å². The summed E-state index contributed by atoms with van der Waals surface area (Å²) < 4.78 is 0. The molecule has 1 saturated carbocycles. The summed E-state index contributed by atoms with van der Waals surface area (Å²) in [4.78, 5) is 26.1. The lowest BCUT2D eigenvalue weighted by atomic mass is 9.93. The fraction of sp³-hybridized carbons (Fsp3) is 0.556. The van der Waals surface area contributed by atoms with Gasteiger partial charge in [0.1, 0.15) is 0 Å². The third kappa shape index (κ3) is 3.24. The molecular formula is C18H24N2O3. The molecule has 2 amide bonds. The van der Waals surface area contributed by atoms with Gasteiger partial charge in [0, 0.05) is 25.9 Å². The van der Waals surface area contributed by atoms with E-state index < -0.39 is 6.10 Å². The summed E-state index contributed by atoms with van der Waals surface area (Å²) in [5, 5.41) is 12.8. The quantitative estimate of drug-likeness (QED) is 0.884. The number of benzene rings is 1. The Balaban J connectivity index is 1.66. The zero-order valence-corrected chi connectivity index (χ0v) is 13.4. The van der Waals surface area contributed by atoms with Crippen LogP contribution in [0.2, 0.25) is 0 Å². The summed E-state index contributed by atoms with van der Waals surface area (Å²) in [6, 6.07) is 9.94. The number of carbonyl (C=O) groups excluding carboxylic acids is 2. The summed E-state index contributed by atoms with van der Waals surface area (Å²) in [5.41, 5.74) is 1.10. The zero-order chi connectivity index (χ0) is 16.4. The van der Waals surface area contributed by atoms with Gasteiger partial charge in [0.25, 0.3) is 0 Å². The number of carbonyl (C=O) groups is 2. The molecule has 2 fully saturated rings. The SMILES string of the molecule is CN1C(=O)C[C@H](CNC(=O)[C@@H]2CCC[C@H]2O)[C@@H]1c1ccccc1. The molecule has 3 rings (SSSR count). The van der Waals surface area contributed by atoms with Crippen molar-refractivity contribution < 1.29 is 14.7 Å². The molecule has 1 saturated heterocycles. The Morgan fingerprint density at radius 1 is 1.30 bits per heavy atom. The maximum atomic E-state index is 12.2. The molecule has 0 bridgehead atoms. The topological polar surface area (TPSA) is 69.6 Å². The zero-order valence-electron chi connectivity index (χ0n) is 13.4. The van der Waals surface area contributed by atoms with Crippen LogP contribution in [0.5, 0.6) is 0 Å². The highest BCUT2D eigenvalue weighted by Gasteiger charge is 2.39. The standard InChI is InChI=1S/C18H24N2O3/c1-20-16(22)10-13(17(20)12-6-3-2-4-7-12)11-19-18(23)14-8-5-9-15(14)21/h2-4,6-7,13-15,17,21H,5,8-11H2,1H3,(H,19,23)/t13-,14-,15-,17+/m1/s1. The van der Waals surface area contributed by atoms with Crippen molar-refractivity contribution in [3.63, 3.8) is 0 Å². The maximum Gasteiger partial charge on any atom is 0.225 e. The Morgan fingerprint density at radius 3 is 2.70 bits per heavy atom. The van der Waals surface area contributed by atoms with Crippen LogP contribution < -0.4 is 5.32 Å². The Morgan fingerprint density at radius 2 is 2.04 bits per heavy atom. The van der Waals surface area contributed by atoms with Crippen LogP contribution in [0.15, 0.2) is 30.3 Å². The summed E-state index contributed by atoms with van der Waals surface area (Å²) >= 11 is 0. The van der Waals surface area contributed by atoms with Crippen molar-refractivity contribution in [3.05, 3.63) is 35.9 Å². The molecule has 124 valence electrons. The van der Waals surface area contributed by atoms with E-state index in [0.29, 0.717) is 19.4 Å². The van der Waals surface area contributed by atoms with Crippen molar-refractivity contribution in [2.24, 2.45) is 11.8 Å². The molecule has 1 aromatic rings. The molecule has 1 aliphatic heterocycles. The second-order valence-electron chi connectivity index (χ2n) is 6.67. The molecule has 1 heterocycles. The highest BCUT2D eigenvalue weighted by molar-refractivity contribution is 5.81. The average Bonchev–Trinajstić information content (AvgIpc) is 3.10. The fourth-order valence-corrected chi connectivity index (χ4v) is 3.89. The van der Waals surface area contributed by atoms with Crippen LogP contribution in [0.1, 0.15) is 37.3 Å². The van der Waals surface area contributed by atoms with E-state index in [4.69, 9.17) is 0 Å². The number of rotatable bonds is 4. The smallest absolute Gasteiger partial charge is 0.225 e. The molecule has 1 aromatic carbocycles. The van der Waals surface area contributed by atoms with Gasteiger partial charge < -0.3 is 15.3 Å². The molecule has 5 heteroatoms. The van der Waals surface area contributed by atoms with Crippen LogP contribution in [0.3, 0.4) is 0 Å². The van der Waals surface area contributed by atoms with Gasteiger partial charge in [-0.25, -0.2) is 0 Å². The summed E-state index contributed by atoms with van der Waals surface area (Å²) in [5.74, 6) is -0.194. The second-order valence-corrected chi connectivity index (χ2v) is 6.67. The first kappa shape index (κ1) is 16.0. The van der Waals surface area contributed by atoms with Crippen molar-refractivity contribution in [3.8, 4) is 0 Å². The maximum absolute atomic E-state index is 12.2. The summed E-state index contributed by atoms with van der Waals surface area (Å²) in [6.45, 7) is 0.470. The van der Waals surface area contributed by atoms with E-state index >= 15 is 0 Å². The molecular weight excluding hydrogens is 292 g/mol. The third-order valence-corrected chi connectivity index (χ3v) is 5.19. The van der Waals surface area contributed by atoms with Crippen LogP contribution in [-0.4, -0.2) is 41.5 Å². The normalized spacial score (nSPS) is 30.7. The van der Waals surface area contributed by atoms with Gasteiger partial charge in [-0.1, -0.05) is 30.3 Å². The second kappa shape index (κ2) is 6.71. The van der Waals surface area contributed by atoms with E-state index in [1.807, 2.05) is 37.4 Å².